The first-order chi connectivity index (χ1) is 9.63. The molecule has 1 aliphatic heterocycles. The number of aryl methyl sites for hydroxylation is 1. The van der Waals surface area contributed by atoms with Crippen molar-refractivity contribution in [3.05, 3.63) is 45.9 Å². The van der Waals surface area contributed by atoms with Gasteiger partial charge in [-0.15, -0.1) is 11.3 Å². The maximum Gasteiger partial charge on any atom is 0.248 e. The molecular weight excluding hydrogens is 276 g/mol. The summed E-state index contributed by atoms with van der Waals surface area (Å²) in [7, 11) is 0. The molecule has 2 atom stereocenters. The average Bonchev–Trinajstić information content (AvgIpc) is 2.81. The van der Waals surface area contributed by atoms with Crippen molar-refractivity contribution in [3.63, 3.8) is 0 Å². The van der Waals surface area contributed by atoms with E-state index in [0.29, 0.717) is 17.9 Å². The fraction of sp³-hybridized carbons (Fsp3) is 0.286. The van der Waals surface area contributed by atoms with Crippen LogP contribution in [0.4, 0.5) is 0 Å². The molecule has 1 aromatic heterocycles. The molecule has 1 saturated heterocycles. The molecule has 1 aromatic carbocycles. The number of aromatic nitrogens is 1. The zero-order chi connectivity index (χ0) is 14.1. The summed E-state index contributed by atoms with van der Waals surface area (Å²) in [5.74, 6) is 0.153. The summed E-state index contributed by atoms with van der Waals surface area (Å²) in [6.45, 7) is 2.52. The highest BCUT2D eigenvalue weighted by Gasteiger charge is 2.37. The second kappa shape index (κ2) is 5.22. The highest BCUT2D eigenvalue weighted by atomic mass is 32.1. The van der Waals surface area contributed by atoms with E-state index in [-0.39, 0.29) is 12.2 Å². The van der Waals surface area contributed by atoms with Crippen molar-refractivity contribution >= 4 is 17.2 Å². The maximum atomic E-state index is 11.1. The lowest BCUT2D eigenvalue weighted by Crippen LogP contribution is -2.42. The van der Waals surface area contributed by atoms with Crippen LogP contribution in [-0.4, -0.2) is 23.6 Å². The smallest absolute Gasteiger partial charge is 0.248 e. The average molecular weight is 290 g/mol. The Morgan fingerprint density at radius 1 is 1.55 bits per heavy atom. The molecule has 0 saturated carbocycles. The number of nitrogens with zero attached hydrogens (tertiary/aromatic N) is 1. The van der Waals surface area contributed by atoms with E-state index in [1.54, 1.807) is 35.6 Å². The molecule has 0 radical (unpaired) electrons. The molecule has 1 fully saturated rings. The fourth-order valence-electron chi connectivity index (χ4n) is 2.00. The Balaban J connectivity index is 1.72. The van der Waals surface area contributed by atoms with Crippen LogP contribution in [0.2, 0.25) is 0 Å². The van der Waals surface area contributed by atoms with Crippen molar-refractivity contribution in [2.75, 3.05) is 6.61 Å². The molecule has 1 aliphatic rings. The van der Waals surface area contributed by atoms with Gasteiger partial charge in [-0.1, -0.05) is 6.07 Å². The van der Waals surface area contributed by atoms with E-state index in [1.165, 1.54) is 0 Å². The van der Waals surface area contributed by atoms with E-state index in [4.69, 9.17) is 15.2 Å². The normalized spacial score (nSPS) is 21.2. The van der Waals surface area contributed by atoms with E-state index in [2.05, 4.69) is 4.98 Å². The highest BCUT2D eigenvalue weighted by Crippen LogP contribution is 2.35. The highest BCUT2D eigenvalue weighted by molar-refractivity contribution is 7.11. The molecule has 1 amide bonds. The summed E-state index contributed by atoms with van der Waals surface area (Å²) in [6.07, 6.45) is 1.61. The van der Waals surface area contributed by atoms with Crippen LogP contribution in [-0.2, 0) is 4.74 Å². The molecule has 20 heavy (non-hydrogen) atoms. The van der Waals surface area contributed by atoms with Crippen LogP contribution < -0.4 is 10.5 Å². The Kier molecular flexibility index (Phi) is 3.42. The van der Waals surface area contributed by atoms with Crippen molar-refractivity contribution in [3.8, 4) is 5.75 Å². The molecule has 2 unspecified atom stereocenters. The van der Waals surface area contributed by atoms with Crippen LogP contribution in [0.15, 0.2) is 30.5 Å². The van der Waals surface area contributed by atoms with Crippen LogP contribution in [0.3, 0.4) is 0 Å². The third-order valence-corrected chi connectivity index (χ3v) is 4.04. The first kappa shape index (κ1) is 13.1. The summed E-state index contributed by atoms with van der Waals surface area (Å²) in [4.78, 5) is 16.6. The minimum atomic E-state index is -0.465. The zero-order valence-electron chi connectivity index (χ0n) is 10.9. The number of rotatable bonds is 4. The quantitative estimate of drug-likeness (QED) is 0.935. The van der Waals surface area contributed by atoms with Crippen LogP contribution in [0.25, 0.3) is 0 Å². The topological polar surface area (TPSA) is 74.4 Å². The van der Waals surface area contributed by atoms with Gasteiger partial charge in [0.1, 0.15) is 16.9 Å². The largest absolute Gasteiger partial charge is 0.485 e. The molecule has 3 rings (SSSR count). The number of nitrogens with two attached hydrogens (primary N) is 1. The molecule has 2 aromatic rings. The minimum absolute atomic E-state index is 0.0799. The van der Waals surface area contributed by atoms with Gasteiger partial charge in [0, 0.05) is 16.6 Å². The van der Waals surface area contributed by atoms with Crippen molar-refractivity contribution < 1.29 is 14.3 Å². The number of benzene rings is 1. The summed E-state index contributed by atoms with van der Waals surface area (Å²) in [6, 6.07) is 6.85. The van der Waals surface area contributed by atoms with Crippen LogP contribution >= 0.6 is 11.3 Å². The van der Waals surface area contributed by atoms with Gasteiger partial charge in [0.2, 0.25) is 5.91 Å². The molecule has 104 valence electrons. The van der Waals surface area contributed by atoms with E-state index in [0.717, 1.165) is 9.88 Å². The molecule has 0 aliphatic carbocycles. The number of hydrogen-bond acceptors (Lipinski definition) is 5. The molecule has 5 nitrogen and oxygen atoms in total. The van der Waals surface area contributed by atoms with Gasteiger partial charge >= 0.3 is 0 Å². The Hall–Kier alpha value is -1.92. The summed E-state index contributed by atoms with van der Waals surface area (Å²) >= 11 is 1.60. The van der Waals surface area contributed by atoms with Gasteiger partial charge in [-0.3, -0.25) is 4.79 Å². The summed E-state index contributed by atoms with van der Waals surface area (Å²) < 4.78 is 11.4. The molecule has 2 heterocycles. The van der Waals surface area contributed by atoms with Gasteiger partial charge in [-0.2, -0.15) is 0 Å². The molecule has 0 spiro atoms. The Labute approximate surface area is 120 Å². The number of amides is 1. The summed E-state index contributed by atoms with van der Waals surface area (Å²) in [5, 5.41) is 0.921. The maximum absolute atomic E-state index is 11.1. The number of ether oxygens (including phenoxy) is 2. The van der Waals surface area contributed by atoms with Gasteiger partial charge < -0.3 is 15.2 Å². The predicted molar refractivity (Wildman–Crippen MR) is 74.9 cm³/mol. The van der Waals surface area contributed by atoms with Gasteiger partial charge in [0.05, 0.1) is 6.61 Å². The number of hydrogen-bond donors (Lipinski definition) is 1. The van der Waals surface area contributed by atoms with Gasteiger partial charge in [-0.25, -0.2) is 4.98 Å². The predicted octanol–water partition coefficient (Wildman–Crippen LogP) is 2.07. The SMILES string of the molecule is Cc1cnc(C2OCC2Oc2cccc(C(N)=O)c2)s1. The lowest BCUT2D eigenvalue weighted by atomic mass is 10.1. The minimum Gasteiger partial charge on any atom is -0.485 e. The van der Waals surface area contributed by atoms with E-state index >= 15 is 0 Å². The molecule has 2 N–H and O–H groups in total. The van der Waals surface area contributed by atoms with Crippen molar-refractivity contribution in [2.45, 2.75) is 19.1 Å². The Morgan fingerprint density at radius 3 is 3.00 bits per heavy atom. The molecule has 0 bridgehead atoms. The second-order valence-electron chi connectivity index (χ2n) is 4.61. The Morgan fingerprint density at radius 2 is 2.40 bits per heavy atom. The van der Waals surface area contributed by atoms with Crippen LogP contribution in [0.5, 0.6) is 5.75 Å². The molecule has 6 heteroatoms. The second-order valence-corrected chi connectivity index (χ2v) is 5.88. The van der Waals surface area contributed by atoms with Crippen molar-refractivity contribution in [2.24, 2.45) is 5.73 Å². The summed E-state index contributed by atoms with van der Waals surface area (Å²) in [5.41, 5.74) is 5.69. The zero-order valence-corrected chi connectivity index (χ0v) is 11.7. The first-order valence-electron chi connectivity index (χ1n) is 6.24. The van der Waals surface area contributed by atoms with E-state index in [9.17, 15) is 4.79 Å². The number of carbonyl (C=O) groups excluding carboxylic acids is 1. The lowest BCUT2D eigenvalue weighted by molar-refractivity contribution is -0.153. The monoisotopic (exact) mass is 290 g/mol. The van der Waals surface area contributed by atoms with Crippen LogP contribution in [0, 0.1) is 6.92 Å². The third kappa shape index (κ3) is 2.52. The van der Waals surface area contributed by atoms with Gasteiger partial charge in [0.15, 0.2) is 6.10 Å². The number of carbonyl (C=O) groups is 1. The van der Waals surface area contributed by atoms with E-state index < -0.39 is 5.91 Å². The third-order valence-electron chi connectivity index (χ3n) is 3.07. The number of thiazole rings is 1. The van der Waals surface area contributed by atoms with Gasteiger partial charge in [0.25, 0.3) is 0 Å². The molecular formula is C14H14N2O3S. The Bertz CT molecular complexity index is 641. The fourth-order valence-corrected chi connectivity index (χ4v) is 2.88. The van der Waals surface area contributed by atoms with Crippen LogP contribution in [0.1, 0.15) is 26.3 Å². The van der Waals surface area contributed by atoms with Gasteiger partial charge in [-0.05, 0) is 25.1 Å². The van der Waals surface area contributed by atoms with Crippen molar-refractivity contribution in [1.82, 2.24) is 4.98 Å². The van der Waals surface area contributed by atoms with Crippen molar-refractivity contribution in [1.29, 1.82) is 0 Å². The number of primary amides is 1. The lowest BCUT2D eigenvalue weighted by Gasteiger charge is -2.35. The standard InChI is InChI=1S/C14H14N2O3S/c1-8-6-16-14(20-8)12-11(7-18-12)19-10-4-2-3-9(5-10)13(15)17/h2-6,11-12H,7H2,1H3,(H2,15,17). The van der Waals surface area contributed by atoms with E-state index in [1.807, 2.05) is 13.1 Å². The first-order valence-corrected chi connectivity index (χ1v) is 7.05.